The summed E-state index contributed by atoms with van der Waals surface area (Å²) in [5.74, 6) is 0.796. The van der Waals surface area contributed by atoms with Crippen molar-refractivity contribution in [1.82, 2.24) is 29.4 Å². The number of anilines is 2. The first-order valence-corrected chi connectivity index (χ1v) is 11.4. The number of nitrogens with zero attached hydrogens (tertiary/aromatic N) is 6. The average Bonchev–Trinajstić information content (AvgIpc) is 3.34. The molecule has 3 atom stereocenters. The van der Waals surface area contributed by atoms with Crippen LogP contribution in [0.25, 0.3) is 21.9 Å². The van der Waals surface area contributed by atoms with E-state index in [2.05, 4.69) is 41.2 Å². The number of hydrogen-bond donors (Lipinski definition) is 2. The normalized spacial score (nSPS) is 21.4. The summed E-state index contributed by atoms with van der Waals surface area (Å²) in [6, 6.07) is 6.70. The van der Waals surface area contributed by atoms with Gasteiger partial charge in [-0.2, -0.15) is 0 Å². The third-order valence-corrected chi connectivity index (χ3v) is 6.87. The fourth-order valence-electron chi connectivity index (χ4n) is 4.89. The number of nitrogens with two attached hydrogens (primary N) is 1. The Balaban J connectivity index is 1.31. The summed E-state index contributed by atoms with van der Waals surface area (Å²) in [5, 5.41) is 4.39. The fraction of sp³-hybridized carbons (Fsp3) is 0.273. The van der Waals surface area contributed by atoms with Crippen molar-refractivity contribution >= 4 is 61.3 Å². The zero-order valence-electron chi connectivity index (χ0n) is 17.3. The summed E-state index contributed by atoms with van der Waals surface area (Å²) in [6.07, 6.45) is 6.33. The first-order valence-electron chi connectivity index (χ1n) is 10.6. The van der Waals surface area contributed by atoms with Gasteiger partial charge in [0.2, 0.25) is 11.8 Å². The zero-order chi connectivity index (χ0) is 22.7. The van der Waals surface area contributed by atoms with Gasteiger partial charge in [0.1, 0.15) is 40.8 Å². The van der Waals surface area contributed by atoms with Crippen LogP contribution in [0, 0.1) is 5.92 Å². The Morgan fingerprint density at radius 3 is 2.94 bits per heavy atom. The maximum atomic E-state index is 13.6. The second kappa shape index (κ2) is 7.48. The molecule has 10 nitrogen and oxygen atoms in total. The molecule has 166 valence electrons. The first-order chi connectivity index (χ1) is 16.0. The molecule has 1 saturated heterocycles. The quantitative estimate of drug-likeness (QED) is 0.406. The number of nitrogen functional groups attached to an aromatic ring is 1. The van der Waals surface area contributed by atoms with E-state index in [-0.39, 0.29) is 24.4 Å². The molecule has 6 rings (SSSR count). The summed E-state index contributed by atoms with van der Waals surface area (Å²) in [7, 11) is 0. The third-order valence-electron chi connectivity index (χ3n) is 6.43. The van der Waals surface area contributed by atoms with Crippen molar-refractivity contribution in [2.45, 2.75) is 31.5 Å². The van der Waals surface area contributed by atoms with Gasteiger partial charge in [-0.1, -0.05) is 6.07 Å². The number of aromatic nitrogens is 5. The Bertz CT molecular complexity index is 1440. The Hall–Kier alpha value is -3.60. The molecule has 11 heteroatoms. The molecule has 1 saturated carbocycles. The van der Waals surface area contributed by atoms with E-state index in [4.69, 9.17) is 5.73 Å². The first kappa shape index (κ1) is 20.0. The van der Waals surface area contributed by atoms with Crippen LogP contribution >= 0.6 is 15.9 Å². The molecule has 4 aromatic rings. The minimum atomic E-state index is -0.534. The molecule has 4 aromatic heterocycles. The predicted octanol–water partition coefficient (Wildman–Crippen LogP) is 2.35. The van der Waals surface area contributed by atoms with Gasteiger partial charge in [-0.15, -0.1) is 0 Å². The highest BCUT2D eigenvalue weighted by Gasteiger charge is 2.56. The molecule has 2 fully saturated rings. The van der Waals surface area contributed by atoms with Gasteiger partial charge in [0.25, 0.3) is 0 Å². The number of likely N-dealkylation sites (tertiary alicyclic amines) is 1. The molecule has 33 heavy (non-hydrogen) atoms. The van der Waals surface area contributed by atoms with E-state index in [1.165, 1.54) is 6.33 Å². The number of nitrogens with one attached hydrogen (secondary N) is 1. The minimum absolute atomic E-state index is 0.0320. The summed E-state index contributed by atoms with van der Waals surface area (Å²) in [5.41, 5.74) is 7.44. The van der Waals surface area contributed by atoms with Crippen LogP contribution in [0.4, 0.5) is 11.6 Å². The van der Waals surface area contributed by atoms with Gasteiger partial charge >= 0.3 is 0 Å². The van der Waals surface area contributed by atoms with Crippen LogP contribution < -0.4 is 11.1 Å². The Kier molecular flexibility index (Phi) is 4.54. The number of carbonyl (C=O) groups is 2. The fourth-order valence-corrected chi connectivity index (χ4v) is 5.24. The number of halogens is 1. The highest BCUT2D eigenvalue weighted by atomic mass is 79.9. The smallest absolute Gasteiger partial charge is 0.248 e. The predicted molar refractivity (Wildman–Crippen MR) is 125 cm³/mol. The van der Waals surface area contributed by atoms with Crippen molar-refractivity contribution < 1.29 is 9.59 Å². The SMILES string of the molecule is Nc1ncnc2c1c1ccncc1n2CC(=O)N1[C@@H]2CC2C[C@H]1C(=O)Nc1cccc(Br)n1. The molecule has 0 radical (unpaired) electrons. The van der Waals surface area contributed by atoms with Crippen molar-refractivity contribution in [2.75, 3.05) is 11.1 Å². The molecular weight excluding hydrogens is 488 g/mol. The highest BCUT2D eigenvalue weighted by Crippen LogP contribution is 2.48. The molecule has 1 unspecified atom stereocenters. The van der Waals surface area contributed by atoms with E-state index < -0.39 is 6.04 Å². The van der Waals surface area contributed by atoms with Crippen LogP contribution in [-0.2, 0) is 16.1 Å². The number of hydrogen-bond acceptors (Lipinski definition) is 7. The van der Waals surface area contributed by atoms with Gasteiger partial charge in [0.15, 0.2) is 0 Å². The Morgan fingerprint density at radius 1 is 1.21 bits per heavy atom. The van der Waals surface area contributed by atoms with Crippen LogP contribution in [-0.4, -0.2) is 53.3 Å². The van der Waals surface area contributed by atoms with Crippen LogP contribution in [0.2, 0.25) is 0 Å². The minimum Gasteiger partial charge on any atom is -0.383 e. The van der Waals surface area contributed by atoms with Crippen molar-refractivity contribution in [3.05, 3.63) is 47.6 Å². The van der Waals surface area contributed by atoms with Crippen LogP contribution in [0.5, 0.6) is 0 Å². The molecule has 0 bridgehead atoms. The molecule has 5 heterocycles. The molecule has 2 aliphatic rings. The van der Waals surface area contributed by atoms with Gasteiger partial charge in [-0.25, -0.2) is 15.0 Å². The molecule has 0 spiro atoms. The van der Waals surface area contributed by atoms with E-state index in [9.17, 15) is 9.59 Å². The number of fused-ring (bicyclic) bond motifs is 4. The van der Waals surface area contributed by atoms with E-state index in [1.54, 1.807) is 40.1 Å². The van der Waals surface area contributed by atoms with Gasteiger partial charge in [0, 0.05) is 17.6 Å². The zero-order valence-corrected chi connectivity index (χ0v) is 18.9. The van der Waals surface area contributed by atoms with Crippen molar-refractivity contribution in [3.8, 4) is 0 Å². The third kappa shape index (κ3) is 3.30. The van der Waals surface area contributed by atoms with E-state index >= 15 is 0 Å². The highest BCUT2D eigenvalue weighted by molar-refractivity contribution is 9.10. The van der Waals surface area contributed by atoms with Crippen molar-refractivity contribution in [2.24, 2.45) is 5.92 Å². The van der Waals surface area contributed by atoms with E-state index in [1.807, 2.05) is 6.07 Å². The number of pyridine rings is 2. The Morgan fingerprint density at radius 2 is 2.09 bits per heavy atom. The summed E-state index contributed by atoms with van der Waals surface area (Å²) in [4.78, 5) is 45.3. The van der Waals surface area contributed by atoms with E-state index in [0.29, 0.717) is 39.6 Å². The van der Waals surface area contributed by atoms with Gasteiger partial charge in [-0.05, 0) is 52.9 Å². The molecule has 1 aliphatic carbocycles. The second-order valence-electron chi connectivity index (χ2n) is 8.39. The van der Waals surface area contributed by atoms with Crippen LogP contribution in [0.15, 0.2) is 47.6 Å². The monoisotopic (exact) mass is 506 g/mol. The maximum Gasteiger partial charge on any atom is 0.248 e. The summed E-state index contributed by atoms with van der Waals surface area (Å²) < 4.78 is 2.43. The lowest BCUT2D eigenvalue weighted by Crippen LogP contribution is -2.46. The van der Waals surface area contributed by atoms with Gasteiger partial charge < -0.3 is 20.5 Å². The Labute approximate surface area is 196 Å². The summed E-state index contributed by atoms with van der Waals surface area (Å²) >= 11 is 3.31. The standard InChI is InChI=1S/C22H19BrN8O2/c23-16-2-1-3-17(28-16)29-22(33)14-7-11-6-13(11)31(14)18(32)9-30-15-8-25-5-4-12(15)19-20(24)26-10-27-21(19)30/h1-5,8,10-11,13-14H,6-7,9H2,(H2,24,26,27)(H,28,29,33)/t11?,13-,14+/m1/s1. The molecular formula is C22H19BrN8O2. The van der Waals surface area contributed by atoms with E-state index in [0.717, 1.165) is 17.3 Å². The summed E-state index contributed by atoms with van der Waals surface area (Å²) in [6.45, 7) is 0.0320. The van der Waals surface area contributed by atoms with Gasteiger partial charge in [-0.3, -0.25) is 14.6 Å². The molecule has 1 aliphatic heterocycles. The number of carbonyl (C=O) groups excluding carboxylic acids is 2. The molecule has 3 N–H and O–H groups in total. The lowest BCUT2D eigenvalue weighted by atomic mass is 10.1. The van der Waals surface area contributed by atoms with Crippen molar-refractivity contribution in [3.63, 3.8) is 0 Å². The topological polar surface area (TPSA) is 132 Å². The lowest BCUT2D eigenvalue weighted by molar-refractivity contribution is -0.138. The van der Waals surface area contributed by atoms with Gasteiger partial charge in [0.05, 0.1) is 17.1 Å². The second-order valence-corrected chi connectivity index (χ2v) is 9.20. The average molecular weight is 507 g/mol. The lowest BCUT2D eigenvalue weighted by Gasteiger charge is -2.27. The molecule has 0 aromatic carbocycles. The number of piperidine rings is 1. The largest absolute Gasteiger partial charge is 0.383 e. The number of amides is 2. The van der Waals surface area contributed by atoms with Crippen LogP contribution in [0.3, 0.4) is 0 Å². The van der Waals surface area contributed by atoms with Crippen molar-refractivity contribution in [1.29, 1.82) is 0 Å². The van der Waals surface area contributed by atoms with Crippen LogP contribution in [0.1, 0.15) is 12.8 Å². The molecule has 2 amide bonds. The number of rotatable bonds is 4. The maximum absolute atomic E-state index is 13.6.